The minimum Gasteiger partial charge on any atom is -0.353 e. The van der Waals surface area contributed by atoms with Crippen molar-refractivity contribution < 1.29 is 4.79 Å². The first-order chi connectivity index (χ1) is 12.1. The van der Waals surface area contributed by atoms with E-state index in [9.17, 15) is 4.79 Å². The number of aryl methyl sites for hydroxylation is 1. The molecule has 3 nitrogen and oxygen atoms in total. The highest BCUT2D eigenvalue weighted by Gasteiger charge is 2.24. The molecule has 0 spiro atoms. The molecule has 2 aliphatic carbocycles. The number of fused-ring (bicyclic) bond motifs is 3. The Bertz CT molecular complexity index is 789. The van der Waals surface area contributed by atoms with E-state index < -0.39 is 0 Å². The lowest BCUT2D eigenvalue weighted by Crippen LogP contribution is -2.33. The Morgan fingerprint density at radius 1 is 1.28 bits per heavy atom. The maximum Gasteiger partial charge on any atom is 0.222 e. The van der Waals surface area contributed by atoms with E-state index in [0.717, 1.165) is 43.2 Å². The van der Waals surface area contributed by atoms with Crippen LogP contribution < -0.4 is 5.32 Å². The van der Waals surface area contributed by atoms with E-state index in [1.165, 1.54) is 41.4 Å². The highest BCUT2D eigenvalue weighted by molar-refractivity contribution is 6.31. The number of hydrogen-bond donors (Lipinski definition) is 1. The molecule has 1 N–H and O–H groups in total. The zero-order valence-electron chi connectivity index (χ0n) is 15.0. The van der Waals surface area contributed by atoms with Crippen LogP contribution in [0.4, 0.5) is 0 Å². The van der Waals surface area contributed by atoms with Gasteiger partial charge in [-0.05, 0) is 61.8 Å². The molecule has 134 valence electrons. The first-order valence-corrected chi connectivity index (χ1v) is 10.1. The van der Waals surface area contributed by atoms with E-state index >= 15 is 0 Å². The van der Waals surface area contributed by atoms with E-state index in [1.807, 2.05) is 6.07 Å². The Kier molecular flexibility index (Phi) is 4.77. The summed E-state index contributed by atoms with van der Waals surface area (Å²) in [6, 6.07) is 6.59. The summed E-state index contributed by atoms with van der Waals surface area (Å²) in [4.78, 5) is 12.4. The summed E-state index contributed by atoms with van der Waals surface area (Å²) in [5.74, 6) is 0.914. The molecule has 1 aromatic heterocycles. The number of benzene rings is 1. The number of carbonyl (C=O) groups is 1. The minimum absolute atomic E-state index is 0.195. The summed E-state index contributed by atoms with van der Waals surface area (Å²) in [6.07, 6.45) is 8.80. The zero-order chi connectivity index (χ0) is 17.4. The lowest BCUT2D eigenvalue weighted by atomic mass is 9.87. The second-order valence-electron chi connectivity index (χ2n) is 7.89. The molecule has 4 rings (SSSR count). The Hall–Kier alpha value is -1.48. The van der Waals surface area contributed by atoms with Crippen molar-refractivity contribution in [3.05, 3.63) is 34.5 Å². The van der Waals surface area contributed by atoms with Crippen LogP contribution >= 0.6 is 11.6 Å². The van der Waals surface area contributed by atoms with Gasteiger partial charge in [0, 0.05) is 40.6 Å². The van der Waals surface area contributed by atoms with Crippen LogP contribution in [0.5, 0.6) is 0 Å². The highest BCUT2D eigenvalue weighted by atomic mass is 35.5. The van der Waals surface area contributed by atoms with Crippen LogP contribution in [-0.2, 0) is 24.2 Å². The molecule has 1 aromatic carbocycles. The second-order valence-corrected chi connectivity index (χ2v) is 8.32. The van der Waals surface area contributed by atoms with E-state index in [-0.39, 0.29) is 5.91 Å². The standard InChI is InChI=1S/C21H27ClN2O/c1-14-6-8-19-17(12-14)18-13-15(22)7-9-20(18)24(19)11-10-21(25)23-16-4-2-3-5-16/h7,9,13-14,16H,2-6,8,10-12H2,1H3,(H,23,25). The van der Waals surface area contributed by atoms with Crippen LogP contribution in [0.3, 0.4) is 0 Å². The third-order valence-corrected chi connectivity index (χ3v) is 6.19. The van der Waals surface area contributed by atoms with Crippen LogP contribution in [-0.4, -0.2) is 16.5 Å². The third kappa shape index (κ3) is 3.44. The monoisotopic (exact) mass is 358 g/mol. The van der Waals surface area contributed by atoms with E-state index in [1.54, 1.807) is 0 Å². The first-order valence-electron chi connectivity index (χ1n) is 9.70. The van der Waals surface area contributed by atoms with Gasteiger partial charge in [0.1, 0.15) is 0 Å². The Morgan fingerprint density at radius 3 is 2.88 bits per heavy atom. The van der Waals surface area contributed by atoms with Gasteiger partial charge in [-0.15, -0.1) is 0 Å². The van der Waals surface area contributed by atoms with Gasteiger partial charge in [-0.3, -0.25) is 4.79 Å². The molecule has 4 heteroatoms. The summed E-state index contributed by atoms with van der Waals surface area (Å²) >= 11 is 6.26. The number of rotatable bonds is 4. The van der Waals surface area contributed by atoms with Gasteiger partial charge in [-0.1, -0.05) is 31.4 Å². The van der Waals surface area contributed by atoms with Gasteiger partial charge in [-0.25, -0.2) is 0 Å². The number of amides is 1. The molecule has 0 bridgehead atoms. The average Bonchev–Trinajstić information content (AvgIpc) is 3.19. The predicted molar refractivity (Wildman–Crippen MR) is 103 cm³/mol. The van der Waals surface area contributed by atoms with Crippen molar-refractivity contribution in [3.63, 3.8) is 0 Å². The molecule has 1 fully saturated rings. The largest absolute Gasteiger partial charge is 0.353 e. The Balaban J connectivity index is 1.57. The summed E-state index contributed by atoms with van der Waals surface area (Å²) in [5.41, 5.74) is 4.11. The van der Waals surface area contributed by atoms with Crippen LogP contribution in [0.2, 0.25) is 5.02 Å². The lowest BCUT2D eigenvalue weighted by Gasteiger charge is -2.21. The van der Waals surface area contributed by atoms with Crippen molar-refractivity contribution in [1.29, 1.82) is 0 Å². The maximum absolute atomic E-state index is 12.4. The predicted octanol–water partition coefficient (Wildman–Crippen LogP) is 4.87. The van der Waals surface area contributed by atoms with Crippen LogP contribution in [0.1, 0.15) is 56.7 Å². The fraction of sp³-hybridized carbons (Fsp3) is 0.571. The molecule has 25 heavy (non-hydrogen) atoms. The summed E-state index contributed by atoms with van der Waals surface area (Å²) in [6.45, 7) is 3.09. The van der Waals surface area contributed by atoms with E-state index in [0.29, 0.717) is 12.5 Å². The fourth-order valence-electron chi connectivity index (χ4n) is 4.64. The van der Waals surface area contributed by atoms with Crippen LogP contribution in [0, 0.1) is 5.92 Å². The molecule has 1 atom stereocenters. The van der Waals surface area contributed by atoms with E-state index in [2.05, 4.69) is 28.9 Å². The summed E-state index contributed by atoms with van der Waals surface area (Å²) < 4.78 is 2.38. The Morgan fingerprint density at radius 2 is 2.08 bits per heavy atom. The van der Waals surface area contributed by atoms with Crippen LogP contribution in [0.15, 0.2) is 18.2 Å². The zero-order valence-corrected chi connectivity index (χ0v) is 15.7. The van der Waals surface area contributed by atoms with Gasteiger partial charge in [0.25, 0.3) is 0 Å². The molecule has 1 unspecified atom stereocenters. The highest BCUT2D eigenvalue weighted by Crippen LogP contribution is 2.35. The summed E-state index contributed by atoms with van der Waals surface area (Å²) in [7, 11) is 0. The van der Waals surface area contributed by atoms with Gasteiger partial charge < -0.3 is 9.88 Å². The van der Waals surface area contributed by atoms with Gasteiger partial charge in [-0.2, -0.15) is 0 Å². The molecule has 1 amide bonds. The average molecular weight is 359 g/mol. The van der Waals surface area contributed by atoms with Crippen molar-refractivity contribution >= 4 is 28.4 Å². The molecular weight excluding hydrogens is 332 g/mol. The van der Waals surface area contributed by atoms with Gasteiger partial charge in [0.15, 0.2) is 0 Å². The quantitative estimate of drug-likeness (QED) is 0.831. The number of nitrogens with zero attached hydrogens (tertiary/aromatic N) is 1. The minimum atomic E-state index is 0.195. The van der Waals surface area contributed by atoms with Crippen molar-refractivity contribution in [1.82, 2.24) is 9.88 Å². The number of hydrogen-bond acceptors (Lipinski definition) is 1. The molecular formula is C21H27ClN2O. The third-order valence-electron chi connectivity index (χ3n) is 5.96. The molecule has 0 aliphatic heterocycles. The fourth-order valence-corrected chi connectivity index (χ4v) is 4.81. The topological polar surface area (TPSA) is 34.0 Å². The number of carbonyl (C=O) groups excluding carboxylic acids is 1. The van der Waals surface area contributed by atoms with Crippen molar-refractivity contribution in [3.8, 4) is 0 Å². The van der Waals surface area contributed by atoms with Gasteiger partial charge in [0.2, 0.25) is 5.91 Å². The lowest BCUT2D eigenvalue weighted by molar-refractivity contribution is -0.121. The van der Waals surface area contributed by atoms with Crippen molar-refractivity contribution in [2.45, 2.75) is 70.9 Å². The van der Waals surface area contributed by atoms with Crippen LogP contribution in [0.25, 0.3) is 10.9 Å². The molecule has 0 radical (unpaired) electrons. The number of halogens is 1. The Labute approximate surface area is 154 Å². The number of nitrogens with one attached hydrogen (secondary N) is 1. The smallest absolute Gasteiger partial charge is 0.222 e. The van der Waals surface area contributed by atoms with E-state index in [4.69, 9.17) is 11.6 Å². The van der Waals surface area contributed by atoms with Gasteiger partial charge >= 0.3 is 0 Å². The van der Waals surface area contributed by atoms with Crippen molar-refractivity contribution in [2.24, 2.45) is 5.92 Å². The SMILES string of the molecule is CC1CCc2c(c3cc(Cl)ccc3n2CCC(=O)NC2CCCC2)C1. The molecule has 1 saturated carbocycles. The normalized spacial score (nSPS) is 20.8. The molecule has 2 aromatic rings. The molecule has 2 aliphatic rings. The van der Waals surface area contributed by atoms with Crippen molar-refractivity contribution in [2.75, 3.05) is 0 Å². The molecule has 0 saturated heterocycles. The maximum atomic E-state index is 12.4. The number of aromatic nitrogens is 1. The second kappa shape index (κ2) is 7.03. The first kappa shape index (κ1) is 17.0. The van der Waals surface area contributed by atoms with Gasteiger partial charge in [0.05, 0.1) is 0 Å². The molecule has 1 heterocycles. The summed E-state index contributed by atoms with van der Waals surface area (Å²) in [5, 5.41) is 5.29.